The summed E-state index contributed by atoms with van der Waals surface area (Å²) >= 11 is 3.34. The number of ether oxygens (including phenoxy) is 3. The highest BCUT2D eigenvalue weighted by Crippen LogP contribution is 2.43. The molecule has 124 valence electrons. The summed E-state index contributed by atoms with van der Waals surface area (Å²) in [7, 11) is 2.96. The Morgan fingerprint density at radius 3 is 2.46 bits per heavy atom. The molecule has 1 aliphatic rings. The maximum atomic E-state index is 12.4. The number of carbonyl (C=O) groups excluding carboxylic acids is 2. The average molecular weight is 391 g/mol. The van der Waals surface area contributed by atoms with Crippen LogP contribution in [0.4, 0.5) is 0 Å². The van der Waals surface area contributed by atoms with Crippen LogP contribution >= 0.6 is 15.9 Å². The second-order valence-corrected chi connectivity index (χ2v) is 6.21. The molecule has 0 aliphatic carbocycles. The molecule has 0 fully saturated rings. The van der Waals surface area contributed by atoms with Crippen molar-refractivity contribution in [1.82, 2.24) is 0 Å². The summed E-state index contributed by atoms with van der Waals surface area (Å²) in [6, 6.07) is 10.5. The Morgan fingerprint density at radius 1 is 1.12 bits per heavy atom. The Bertz CT molecular complexity index is 798. The van der Waals surface area contributed by atoms with Crippen LogP contribution in [0.15, 0.2) is 40.9 Å². The molecule has 0 N–H and O–H groups in total. The van der Waals surface area contributed by atoms with E-state index in [0.717, 1.165) is 4.47 Å². The van der Waals surface area contributed by atoms with Gasteiger partial charge in [0.1, 0.15) is 11.7 Å². The normalized spacial score (nSPS) is 15.6. The molecule has 0 aromatic heterocycles. The van der Waals surface area contributed by atoms with Crippen LogP contribution in [-0.2, 0) is 4.74 Å². The van der Waals surface area contributed by atoms with Crippen LogP contribution in [0.5, 0.6) is 11.5 Å². The number of carbonyl (C=O) groups is 2. The maximum Gasteiger partial charge on any atom is 0.343 e. The third kappa shape index (κ3) is 2.89. The van der Waals surface area contributed by atoms with Gasteiger partial charge in [0.2, 0.25) is 0 Å². The first-order valence-electron chi connectivity index (χ1n) is 7.29. The molecule has 1 atom stereocenters. The molecule has 5 nitrogen and oxygen atoms in total. The molecule has 0 spiro atoms. The molecule has 1 heterocycles. The lowest BCUT2D eigenvalue weighted by Gasteiger charge is -2.12. The number of hydrogen-bond donors (Lipinski definition) is 0. The number of ketones is 1. The quantitative estimate of drug-likeness (QED) is 0.571. The third-order valence-electron chi connectivity index (χ3n) is 3.92. The Labute approximate surface area is 147 Å². The van der Waals surface area contributed by atoms with Crippen LogP contribution in [0.3, 0.4) is 0 Å². The first-order chi connectivity index (χ1) is 11.5. The zero-order valence-electron chi connectivity index (χ0n) is 13.2. The zero-order chi connectivity index (χ0) is 17.3. The lowest BCUT2D eigenvalue weighted by molar-refractivity contribution is 0.0365. The maximum absolute atomic E-state index is 12.4. The molecule has 6 heteroatoms. The number of methoxy groups -OCH3 is 2. The number of hydrogen-bond acceptors (Lipinski definition) is 5. The van der Waals surface area contributed by atoms with E-state index in [1.54, 1.807) is 36.4 Å². The number of halogens is 1. The van der Waals surface area contributed by atoms with E-state index in [1.807, 2.05) is 0 Å². The average Bonchev–Trinajstić information content (AvgIpc) is 2.90. The fourth-order valence-electron chi connectivity index (χ4n) is 2.75. The second kappa shape index (κ2) is 6.65. The molecule has 0 unspecified atom stereocenters. The van der Waals surface area contributed by atoms with Crippen molar-refractivity contribution in [2.45, 2.75) is 12.5 Å². The summed E-state index contributed by atoms with van der Waals surface area (Å²) in [5.41, 5.74) is 1.54. The Morgan fingerprint density at radius 2 is 1.83 bits per heavy atom. The molecule has 3 rings (SSSR count). The largest absolute Gasteiger partial charge is 0.493 e. The summed E-state index contributed by atoms with van der Waals surface area (Å²) < 4.78 is 16.8. The lowest BCUT2D eigenvalue weighted by atomic mass is 9.97. The van der Waals surface area contributed by atoms with Crippen molar-refractivity contribution in [3.05, 3.63) is 57.6 Å². The number of benzene rings is 2. The molecule has 0 saturated carbocycles. The zero-order valence-corrected chi connectivity index (χ0v) is 14.8. The van der Waals surface area contributed by atoms with Gasteiger partial charge in [0.25, 0.3) is 0 Å². The fourth-order valence-corrected chi connectivity index (χ4v) is 3.01. The van der Waals surface area contributed by atoms with Crippen LogP contribution in [0.2, 0.25) is 0 Å². The second-order valence-electron chi connectivity index (χ2n) is 5.29. The number of rotatable bonds is 5. The third-order valence-corrected chi connectivity index (χ3v) is 4.44. The van der Waals surface area contributed by atoms with Crippen molar-refractivity contribution in [2.75, 3.05) is 14.2 Å². The number of esters is 1. The van der Waals surface area contributed by atoms with E-state index < -0.39 is 12.1 Å². The van der Waals surface area contributed by atoms with Crippen molar-refractivity contribution < 1.29 is 23.8 Å². The van der Waals surface area contributed by atoms with Gasteiger partial charge < -0.3 is 14.2 Å². The topological polar surface area (TPSA) is 61.8 Å². The van der Waals surface area contributed by atoms with E-state index in [0.29, 0.717) is 28.2 Å². The highest BCUT2D eigenvalue weighted by atomic mass is 79.9. The van der Waals surface area contributed by atoms with Gasteiger partial charge in [-0.25, -0.2) is 4.79 Å². The SMILES string of the molecule is COc1ccc2c(c1OC)C(=O)O[C@@H]2CC(=O)c1ccc(Br)cc1. The molecule has 2 aromatic carbocycles. The van der Waals surface area contributed by atoms with Gasteiger partial charge in [-0.2, -0.15) is 0 Å². The predicted octanol–water partition coefficient (Wildman–Crippen LogP) is 3.95. The summed E-state index contributed by atoms with van der Waals surface area (Å²) in [4.78, 5) is 24.7. The summed E-state index contributed by atoms with van der Waals surface area (Å²) in [6.45, 7) is 0. The standard InChI is InChI=1S/C18H15BrO5/c1-22-14-8-7-12-15(24-18(21)16(12)17(14)23-2)9-13(20)10-3-5-11(19)6-4-10/h3-8,15H,9H2,1-2H3/t15-/m1/s1. The number of Topliss-reactive ketones (excluding diaryl/α,β-unsaturated/α-hetero) is 1. The van der Waals surface area contributed by atoms with Gasteiger partial charge in [0.05, 0.1) is 20.6 Å². The summed E-state index contributed by atoms with van der Waals surface area (Å²) in [6.07, 6.45) is -0.543. The highest BCUT2D eigenvalue weighted by Gasteiger charge is 2.36. The van der Waals surface area contributed by atoms with Crippen LogP contribution in [0.1, 0.15) is 38.8 Å². The highest BCUT2D eigenvalue weighted by molar-refractivity contribution is 9.10. The molecular formula is C18H15BrO5. The van der Waals surface area contributed by atoms with Crippen molar-refractivity contribution in [3.8, 4) is 11.5 Å². The molecule has 0 bridgehead atoms. The van der Waals surface area contributed by atoms with Gasteiger partial charge in [0.15, 0.2) is 17.3 Å². The fraction of sp³-hybridized carbons (Fsp3) is 0.222. The van der Waals surface area contributed by atoms with E-state index in [2.05, 4.69) is 15.9 Å². The Kier molecular flexibility index (Phi) is 4.57. The summed E-state index contributed by atoms with van der Waals surface area (Å²) in [5.74, 6) is 0.184. The number of cyclic esters (lactones) is 1. The van der Waals surface area contributed by atoms with Crippen LogP contribution in [0.25, 0.3) is 0 Å². The monoisotopic (exact) mass is 390 g/mol. The van der Waals surface area contributed by atoms with Crippen LogP contribution < -0.4 is 9.47 Å². The molecule has 0 amide bonds. The molecular weight excluding hydrogens is 376 g/mol. The van der Waals surface area contributed by atoms with E-state index in [4.69, 9.17) is 14.2 Å². The molecule has 0 saturated heterocycles. The van der Waals surface area contributed by atoms with Crippen molar-refractivity contribution in [2.24, 2.45) is 0 Å². The van der Waals surface area contributed by atoms with Gasteiger partial charge in [-0.05, 0) is 18.2 Å². The van der Waals surface area contributed by atoms with Gasteiger partial charge in [-0.15, -0.1) is 0 Å². The van der Waals surface area contributed by atoms with Gasteiger partial charge in [-0.1, -0.05) is 34.1 Å². The van der Waals surface area contributed by atoms with E-state index >= 15 is 0 Å². The molecule has 2 aromatic rings. The van der Waals surface area contributed by atoms with E-state index in [9.17, 15) is 9.59 Å². The summed E-state index contributed by atoms with van der Waals surface area (Å²) in [5, 5.41) is 0. The van der Waals surface area contributed by atoms with Gasteiger partial charge >= 0.3 is 5.97 Å². The Hall–Kier alpha value is -2.34. The predicted molar refractivity (Wildman–Crippen MR) is 90.8 cm³/mol. The van der Waals surface area contributed by atoms with E-state index in [1.165, 1.54) is 14.2 Å². The van der Waals surface area contributed by atoms with Gasteiger partial charge in [0, 0.05) is 15.6 Å². The first kappa shape index (κ1) is 16.5. The minimum Gasteiger partial charge on any atom is -0.493 e. The first-order valence-corrected chi connectivity index (χ1v) is 8.09. The minimum atomic E-state index is -0.622. The van der Waals surface area contributed by atoms with Crippen molar-refractivity contribution >= 4 is 27.7 Å². The van der Waals surface area contributed by atoms with Gasteiger partial charge in [-0.3, -0.25) is 4.79 Å². The molecule has 24 heavy (non-hydrogen) atoms. The molecule has 1 aliphatic heterocycles. The Balaban J connectivity index is 1.89. The smallest absolute Gasteiger partial charge is 0.343 e. The number of fused-ring (bicyclic) bond motifs is 1. The van der Waals surface area contributed by atoms with E-state index in [-0.39, 0.29) is 12.2 Å². The van der Waals surface area contributed by atoms with Crippen molar-refractivity contribution in [1.29, 1.82) is 0 Å². The lowest BCUT2D eigenvalue weighted by Crippen LogP contribution is -2.07. The van der Waals surface area contributed by atoms with Crippen molar-refractivity contribution in [3.63, 3.8) is 0 Å². The van der Waals surface area contributed by atoms with Crippen LogP contribution in [-0.4, -0.2) is 26.0 Å². The minimum absolute atomic E-state index is 0.0792. The van der Waals surface area contributed by atoms with Crippen LogP contribution in [0, 0.1) is 0 Å². The molecule has 0 radical (unpaired) electrons.